The number of nitrogens with zero attached hydrogens (tertiary/aromatic N) is 4. The zero-order valence-corrected chi connectivity index (χ0v) is 14.0. The summed E-state index contributed by atoms with van der Waals surface area (Å²) >= 11 is 1.30. The molecule has 0 aliphatic heterocycles. The van der Waals surface area contributed by atoms with E-state index in [1.807, 2.05) is 0 Å². The summed E-state index contributed by atoms with van der Waals surface area (Å²) in [6.07, 6.45) is 2.92. The number of amides is 1. The van der Waals surface area contributed by atoms with Crippen LogP contribution in [0.2, 0.25) is 0 Å². The molecule has 1 N–H and O–H groups in total. The summed E-state index contributed by atoms with van der Waals surface area (Å²) in [5, 5.41) is 15.8. The number of carbonyl (C=O) groups is 2. The minimum Gasteiger partial charge on any atom is -0.294 e. The maximum atomic E-state index is 12.3. The van der Waals surface area contributed by atoms with Crippen LogP contribution in [0.4, 0.5) is 5.13 Å². The van der Waals surface area contributed by atoms with Crippen molar-refractivity contribution < 1.29 is 9.59 Å². The Hall–Kier alpha value is -2.09. The first-order chi connectivity index (χ1) is 10.4. The van der Waals surface area contributed by atoms with Gasteiger partial charge in [0.1, 0.15) is 5.01 Å². The van der Waals surface area contributed by atoms with Crippen molar-refractivity contribution in [2.45, 2.75) is 40.0 Å². The molecule has 118 valence electrons. The Kier molecular flexibility index (Phi) is 5.02. The summed E-state index contributed by atoms with van der Waals surface area (Å²) in [4.78, 5) is 24.4. The van der Waals surface area contributed by atoms with Crippen LogP contribution in [0.1, 0.15) is 46.5 Å². The van der Waals surface area contributed by atoms with Crippen LogP contribution in [0.15, 0.2) is 0 Å². The largest absolute Gasteiger partial charge is 0.298 e. The second kappa shape index (κ2) is 6.78. The average molecular weight is 321 g/mol. The van der Waals surface area contributed by atoms with Gasteiger partial charge in [0.25, 0.3) is 11.7 Å². The van der Waals surface area contributed by atoms with Crippen molar-refractivity contribution in [3.8, 4) is 0 Å². The highest BCUT2D eigenvalue weighted by atomic mass is 32.1. The number of unbranched alkanes of at least 4 members (excludes halogenated alkanes) is 1. The molecule has 0 aromatic carbocycles. The molecule has 2 aromatic heterocycles. The highest BCUT2D eigenvalue weighted by Crippen LogP contribution is 2.18. The number of hydrogen-bond donors (Lipinski definition) is 1. The second-order valence-corrected chi connectivity index (χ2v) is 6.12. The molecule has 0 saturated heterocycles. The molecule has 0 aliphatic carbocycles. The van der Waals surface area contributed by atoms with Crippen LogP contribution < -0.4 is 5.32 Å². The van der Waals surface area contributed by atoms with Crippen LogP contribution in [-0.2, 0) is 18.3 Å². The second-order valence-electron chi connectivity index (χ2n) is 5.06. The van der Waals surface area contributed by atoms with E-state index in [0.717, 1.165) is 24.3 Å². The number of nitrogens with one attached hydrogen (secondary N) is 1. The number of hydrogen-bond acceptors (Lipinski definition) is 6. The topological polar surface area (TPSA) is 89.8 Å². The molecule has 0 atom stereocenters. The van der Waals surface area contributed by atoms with Crippen LogP contribution >= 0.6 is 11.3 Å². The Bertz CT molecular complexity index is 704. The van der Waals surface area contributed by atoms with Crippen LogP contribution in [0.25, 0.3) is 0 Å². The van der Waals surface area contributed by atoms with E-state index < -0.39 is 11.7 Å². The Balaban J connectivity index is 2.08. The molecule has 0 saturated carbocycles. The van der Waals surface area contributed by atoms with Gasteiger partial charge in [-0.15, -0.1) is 10.2 Å². The number of anilines is 1. The number of aromatic nitrogens is 4. The van der Waals surface area contributed by atoms with Gasteiger partial charge in [0.05, 0.1) is 11.3 Å². The molecule has 0 unspecified atom stereocenters. The Morgan fingerprint density at radius 3 is 2.59 bits per heavy atom. The van der Waals surface area contributed by atoms with Crippen molar-refractivity contribution in [3.05, 3.63) is 22.0 Å². The van der Waals surface area contributed by atoms with Gasteiger partial charge in [-0.25, -0.2) is 0 Å². The lowest BCUT2D eigenvalue weighted by Gasteiger charge is -2.01. The van der Waals surface area contributed by atoms with Gasteiger partial charge in [0.2, 0.25) is 5.13 Å². The van der Waals surface area contributed by atoms with E-state index in [0.29, 0.717) is 22.1 Å². The third-order valence-electron chi connectivity index (χ3n) is 3.37. The lowest BCUT2D eigenvalue weighted by Crippen LogP contribution is -2.24. The molecule has 8 heteroatoms. The predicted octanol–water partition coefficient (Wildman–Crippen LogP) is 2.05. The van der Waals surface area contributed by atoms with E-state index in [4.69, 9.17) is 0 Å². The van der Waals surface area contributed by atoms with Crippen LogP contribution in [0, 0.1) is 13.8 Å². The number of rotatable bonds is 6. The third kappa shape index (κ3) is 3.38. The molecule has 1 amide bonds. The van der Waals surface area contributed by atoms with E-state index in [9.17, 15) is 9.59 Å². The van der Waals surface area contributed by atoms with Gasteiger partial charge < -0.3 is 0 Å². The summed E-state index contributed by atoms with van der Waals surface area (Å²) in [5.74, 6) is -1.31. The number of ketones is 1. The standard InChI is InChI=1S/C14H19N5O2S/c1-5-6-7-10-16-17-14(22-10)15-13(21)12(20)11-8(2)18-19(4)9(11)3/h5-7H2,1-4H3,(H,15,17,21). The molecule has 0 radical (unpaired) electrons. The average Bonchev–Trinajstić information content (AvgIpc) is 3.01. The summed E-state index contributed by atoms with van der Waals surface area (Å²) < 4.78 is 1.59. The van der Waals surface area contributed by atoms with Crippen LogP contribution in [-0.4, -0.2) is 31.7 Å². The SMILES string of the molecule is CCCCc1nnc(NC(=O)C(=O)c2c(C)nn(C)c2C)s1. The fourth-order valence-corrected chi connectivity index (χ4v) is 2.88. The Labute approximate surface area is 132 Å². The van der Waals surface area contributed by atoms with Crippen molar-refractivity contribution in [3.63, 3.8) is 0 Å². The molecule has 0 aliphatic rings. The first kappa shape index (κ1) is 16.3. The zero-order valence-electron chi connectivity index (χ0n) is 13.1. The van der Waals surface area contributed by atoms with Crippen molar-refractivity contribution in [2.24, 2.45) is 7.05 Å². The smallest absolute Gasteiger partial charge is 0.294 e. The molecule has 2 rings (SSSR count). The van der Waals surface area contributed by atoms with Gasteiger partial charge in [-0.2, -0.15) is 5.10 Å². The fourth-order valence-electron chi connectivity index (χ4n) is 2.10. The monoisotopic (exact) mass is 321 g/mol. The minimum atomic E-state index is -0.711. The van der Waals surface area contributed by atoms with Crippen LogP contribution in [0.3, 0.4) is 0 Å². The normalized spacial score (nSPS) is 10.7. The predicted molar refractivity (Wildman–Crippen MR) is 84.2 cm³/mol. The molecule has 2 aromatic rings. The summed E-state index contributed by atoms with van der Waals surface area (Å²) in [6, 6.07) is 0. The highest BCUT2D eigenvalue weighted by molar-refractivity contribution is 7.15. The fraction of sp³-hybridized carbons (Fsp3) is 0.500. The van der Waals surface area contributed by atoms with Gasteiger partial charge in [0.15, 0.2) is 0 Å². The molecule has 2 heterocycles. The third-order valence-corrected chi connectivity index (χ3v) is 4.27. The highest BCUT2D eigenvalue weighted by Gasteiger charge is 2.24. The lowest BCUT2D eigenvalue weighted by atomic mass is 10.1. The van der Waals surface area contributed by atoms with Gasteiger partial charge >= 0.3 is 0 Å². The number of aryl methyl sites for hydroxylation is 3. The first-order valence-corrected chi connectivity index (χ1v) is 7.94. The maximum Gasteiger partial charge on any atom is 0.298 e. The van der Waals surface area contributed by atoms with E-state index in [1.54, 1.807) is 25.6 Å². The maximum absolute atomic E-state index is 12.3. The molecular weight excluding hydrogens is 302 g/mol. The molecule has 0 fully saturated rings. The number of carbonyl (C=O) groups excluding carboxylic acids is 2. The van der Waals surface area contributed by atoms with Gasteiger partial charge in [-0.1, -0.05) is 24.7 Å². The van der Waals surface area contributed by atoms with E-state index in [1.165, 1.54) is 11.3 Å². The molecule has 22 heavy (non-hydrogen) atoms. The van der Waals surface area contributed by atoms with Gasteiger partial charge in [0, 0.05) is 19.2 Å². The minimum absolute atomic E-state index is 0.343. The van der Waals surface area contributed by atoms with Gasteiger partial charge in [-0.05, 0) is 20.3 Å². The van der Waals surface area contributed by atoms with Crippen molar-refractivity contribution >= 4 is 28.2 Å². The molecular formula is C14H19N5O2S. The van der Waals surface area contributed by atoms with E-state index >= 15 is 0 Å². The van der Waals surface area contributed by atoms with E-state index in [2.05, 4.69) is 27.5 Å². The summed E-state index contributed by atoms with van der Waals surface area (Å²) in [7, 11) is 1.74. The zero-order chi connectivity index (χ0) is 16.3. The first-order valence-electron chi connectivity index (χ1n) is 7.12. The van der Waals surface area contributed by atoms with Crippen molar-refractivity contribution in [2.75, 3.05) is 5.32 Å². The van der Waals surface area contributed by atoms with E-state index in [-0.39, 0.29) is 0 Å². The number of Topliss-reactive ketones (excluding diaryl/α,β-unsaturated/α-hetero) is 1. The summed E-state index contributed by atoms with van der Waals surface area (Å²) in [6.45, 7) is 5.57. The molecule has 0 spiro atoms. The molecule has 0 bridgehead atoms. The Morgan fingerprint density at radius 2 is 2.00 bits per heavy atom. The van der Waals surface area contributed by atoms with Crippen molar-refractivity contribution in [1.82, 2.24) is 20.0 Å². The lowest BCUT2D eigenvalue weighted by molar-refractivity contribution is -0.112. The molecule has 7 nitrogen and oxygen atoms in total. The Morgan fingerprint density at radius 1 is 1.27 bits per heavy atom. The van der Waals surface area contributed by atoms with Crippen LogP contribution in [0.5, 0.6) is 0 Å². The van der Waals surface area contributed by atoms with Crippen molar-refractivity contribution in [1.29, 1.82) is 0 Å². The summed E-state index contributed by atoms with van der Waals surface area (Å²) in [5.41, 5.74) is 1.55. The van der Waals surface area contributed by atoms with Gasteiger partial charge in [-0.3, -0.25) is 19.6 Å². The quantitative estimate of drug-likeness (QED) is 0.649.